The Labute approximate surface area is 608 Å². The average molecular weight is 1420 g/mol. The van der Waals surface area contributed by atoms with Gasteiger partial charge in [0.15, 0.2) is 11.6 Å². The van der Waals surface area contributed by atoms with Crippen LogP contribution in [0, 0.1) is 5.41 Å². The molecule has 0 aliphatic carbocycles. The Kier molecular flexibility index (Phi) is 57.5. The molecule has 25 heteroatoms. The van der Waals surface area contributed by atoms with E-state index < -0.39 is 77.5 Å². The number of Topliss-reactive ketones (excluding diaryl/α,β-unsaturated/α-hetero) is 2. The standard InChI is InChI=1S/C75H153N17O8/c1-16-25-28-30-40-79-68(94)57-63(86-70(96)58-64(83-60(20-5)21-6)73(99)81-41-31-29-26-17-2)72(98)75(24-9,36-19-4)66(23-8)84-65(74(100)82-43-35-47-90(13)51-55-92(15)53-49-88(11)45-33-38-77)59-69(95)85-62(71(97)61(22-7)78-39-27-18-3)56-67(93)80-42-34-46-89(12)50-54-91(14)52-48-87(10)44-32-37-76/h60-66,78,83-84H,16-59,76-77H2,1-15H3,(H,79,94)(H,80,93)(H,81,99)(H,82,100)(H,85,95)(H,86,96). The van der Waals surface area contributed by atoms with Crippen LogP contribution < -0.4 is 59.3 Å². The van der Waals surface area contributed by atoms with Crippen LogP contribution in [0.2, 0.25) is 0 Å². The topological polar surface area (TPSA) is 316 Å². The summed E-state index contributed by atoms with van der Waals surface area (Å²) >= 11 is 0. The van der Waals surface area contributed by atoms with Crippen LogP contribution in [0.25, 0.3) is 0 Å². The summed E-state index contributed by atoms with van der Waals surface area (Å²) in [5.74, 6) is -3.49. The number of rotatable bonds is 68. The molecule has 0 radical (unpaired) electrons. The molecule has 0 saturated carbocycles. The van der Waals surface area contributed by atoms with Gasteiger partial charge in [0.2, 0.25) is 35.4 Å². The van der Waals surface area contributed by atoms with Gasteiger partial charge >= 0.3 is 0 Å². The van der Waals surface area contributed by atoms with Crippen LogP contribution in [0.5, 0.6) is 0 Å². The van der Waals surface area contributed by atoms with E-state index in [-0.39, 0.29) is 55.9 Å². The minimum Gasteiger partial charge on any atom is -0.356 e. The van der Waals surface area contributed by atoms with Gasteiger partial charge in [0, 0.05) is 96.0 Å². The van der Waals surface area contributed by atoms with Gasteiger partial charge in [-0.25, -0.2) is 0 Å². The zero-order valence-electron chi connectivity index (χ0n) is 66.3. The van der Waals surface area contributed by atoms with Crippen molar-refractivity contribution in [2.45, 2.75) is 265 Å². The molecule has 25 nitrogen and oxygen atoms in total. The van der Waals surface area contributed by atoms with Crippen molar-refractivity contribution in [2.24, 2.45) is 16.9 Å². The van der Waals surface area contributed by atoms with Crippen LogP contribution in [0.1, 0.15) is 223 Å². The molecule has 100 heavy (non-hydrogen) atoms. The Morgan fingerprint density at radius 3 is 1.13 bits per heavy atom. The second kappa shape index (κ2) is 60.0. The van der Waals surface area contributed by atoms with Crippen molar-refractivity contribution in [3.8, 4) is 0 Å². The number of carbonyl (C=O) groups is 8. The molecule has 0 bridgehead atoms. The van der Waals surface area contributed by atoms with E-state index in [1.165, 1.54) is 0 Å². The lowest BCUT2D eigenvalue weighted by atomic mass is 9.67. The van der Waals surface area contributed by atoms with Gasteiger partial charge < -0.3 is 88.7 Å². The number of ketones is 2. The van der Waals surface area contributed by atoms with Gasteiger partial charge in [0.1, 0.15) is 0 Å². The minimum absolute atomic E-state index is 0.0493. The molecule has 7 unspecified atom stereocenters. The highest BCUT2D eigenvalue weighted by atomic mass is 16.2. The Morgan fingerprint density at radius 2 is 0.730 bits per heavy atom. The molecule has 0 rings (SSSR count). The molecule has 7 atom stereocenters. The quantitative estimate of drug-likeness (QED) is 0.0371. The molecule has 0 fully saturated rings. The van der Waals surface area contributed by atoms with Gasteiger partial charge in [-0.2, -0.15) is 0 Å². The molecule has 0 saturated heterocycles. The number of nitrogens with zero attached hydrogens (tertiary/aromatic N) is 6. The Hall–Kier alpha value is -4.28. The number of hydrogen-bond acceptors (Lipinski definition) is 19. The molecule has 6 amide bonds. The Morgan fingerprint density at radius 1 is 0.350 bits per heavy atom. The number of amides is 6. The first-order chi connectivity index (χ1) is 47.9. The maximum absolute atomic E-state index is 16.0. The van der Waals surface area contributed by atoms with E-state index in [2.05, 4.69) is 140 Å². The van der Waals surface area contributed by atoms with Crippen molar-refractivity contribution < 1.29 is 38.4 Å². The van der Waals surface area contributed by atoms with Crippen molar-refractivity contribution in [2.75, 3.05) is 167 Å². The summed E-state index contributed by atoms with van der Waals surface area (Å²) in [4.78, 5) is 131. The molecule has 0 aromatic carbocycles. The number of likely N-dealkylation sites (N-methyl/N-ethyl adjacent to an activating group) is 6. The lowest BCUT2D eigenvalue weighted by Gasteiger charge is -2.43. The van der Waals surface area contributed by atoms with Crippen LogP contribution in [0.4, 0.5) is 0 Å². The average Bonchev–Trinajstić information content (AvgIpc) is 0.784. The highest BCUT2D eigenvalue weighted by Crippen LogP contribution is 2.37. The molecule has 0 aliphatic heterocycles. The number of nitrogens with two attached hydrogens (primary N) is 2. The lowest BCUT2D eigenvalue weighted by Crippen LogP contribution is -2.61. The van der Waals surface area contributed by atoms with E-state index in [1.54, 1.807) is 0 Å². The van der Waals surface area contributed by atoms with Crippen LogP contribution >= 0.6 is 0 Å². The molecular weight excluding hydrogens is 1270 g/mol. The Balaban J connectivity index is 7.44. The monoisotopic (exact) mass is 1420 g/mol. The Bertz CT molecular complexity index is 2170. The van der Waals surface area contributed by atoms with Gasteiger partial charge in [-0.3, -0.25) is 38.4 Å². The molecule has 0 spiro atoms. The van der Waals surface area contributed by atoms with Crippen molar-refractivity contribution in [3.05, 3.63) is 0 Å². The third-order valence-corrected chi connectivity index (χ3v) is 19.6. The van der Waals surface area contributed by atoms with Crippen LogP contribution in [-0.4, -0.2) is 285 Å². The van der Waals surface area contributed by atoms with Gasteiger partial charge in [0.05, 0.1) is 55.9 Å². The van der Waals surface area contributed by atoms with Crippen molar-refractivity contribution in [1.29, 1.82) is 0 Å². The smallest absolute Gasteiger partial charge is 0.237 e. The zero-order chi connectivity index (χ0) is 75.1. The predicted molar refractivity (Wildman–Crippen MR) is 411 cm³/mol. The molecule has 0 aromatic heterocycles. The second-order valence-corrected chi connectivity index (χ2v) is 28.5. The second-order valence-electron chi connectivity index (χ2n) is 28.5. The number of unbranched alkanes of at least 4 members (excludes halogenated alkanes) is 7. The van der Waals surface area contributed by atoms with Gasteiger partial charge in [-0.05, 0) is 172 Å². The zero-order valence-corrected chi connectivity index (χ0v) is 66.3. The van der Waals surface area contributed by atoms with E-state index in [1.807, 2.05) is 41.5 Å². The summed E-state index contributed by atoms with van der Waals surface area (Å²) in [6, 6.07) is -6.15. The number of carbonyl (C=O) groups excluding carboxylic acids is 8. The van der Waals surface area contributed by atoms with E-state index in [9.17, 15) is 33.6 Å². The predicted octanol–water partition coefficient (Wildman–Crippen LogP) is 4.60. The first-order valence-corrected chi connectivity index (χ1v) is 39.4. The first kappa shape index (κ1) is 95.7. The summed E-state index contributed by atoms with van der Waals surface area (Å²) in [5.41, 5.74) is 10.1. The molecule has 0 aromatic rings. The molecule has 13 N–H and O–H groups in total. The van der Waals surface area contributed by atoms with Gasteiger partial charge in [0.25, 0.3) is 0 Å². The summed E-state index contributed by atoms with van der Waals surface area (Å²) in [7, 11) is 12.6. The maximum Gasteiger partial charge on any atom is 0.237 e. The summed E-state index contributed by atoms with van der Waals surface area (Å²) in [6.07, 6.45) is 14.4. The summed E-state index contributed by atoms with van der Waals surface area (Å²) in [5, 5.41) is 28.4. The van der Waals surface area contributed by atoms with E-state index >= 15 is 4.79 Å². The van der Waals surface area contributed by atoms with E-state index in [0.717, 1.165) is 162 Å². The number of nitrogens with one attached hydrogen (secondary N) is 9. The molecule has 586 valence electrons. The van der Waals surface area contributed by atoms with Crippen molar-refractivity contribution >= 4 is 47.0 Å². The van der Waals surface area contributed by atoms with E-state index in [0.29, 0.717) is 84.3 Å². The van der Waals surface area contributed by atoms with Crippen molar-refractivity contribution in [1.82, 2.24) is 77.3 Å². The fourth-order valence-corrected chi connectivity index (χ4v) is 12.7. The van der Waals surface area contributed by atoms with E-state index in [4.69, 9.17) is 11.5 Å². The summed E-state index contributed by atoms with van der Waals surface area (Å²) in [6.45, 7) is 31.9. The molecule has 0 heterocycles. The third kappa shape index (κ3) is 43.7. The lowest BCUT2D eigenvalue weighted by molar-refractivity contribution is -0.140. The normalized spacial score (nSPS) is 14.3. The van der Waals surface area contributed by atoms with Crippen LogP contribution in [0.15, 0.2) is 0 Å². The highest BCUT2D eigenvalue weighted by molar-refractivity contribution is 5.99. The minimum atomic E-state index is -1.32. The van der Waals surface area contributed by atoms with Gasteiger partial charge in [-0.15, -0.1) is 0 Å². The molecule has 0 aliphatic rings. The molecular formula is C75H153N17O8. The fraction of sp³-hybridized carbons (Fsp3) is 0.893. The van der Waals surface area contributed by atoms with Crippen LogP contribution in [0.3, 0.4) is 0 Å². The highest BCUT2D eigenvalue weighted by Gasteiger charge is 2.48. The van der Waals surface area contributed by atoms with Gasteiger partial charge in [-0.1, -0.05) is 114 Å². The fourth-order valence-electron chi connectivity index (χ4n) is 12.7. The van der Waals surface area contributed by atoms with Crippen LogP contribution in [-0.2, 0) is 38.4 Å². The summed E-state index contributed by atoms with van der Waals surface area (Å²) < 4.78 is 0. The largest absolute Gasteiger partial charge is 0.356 e. The SMILES string of the molecule is CCCCCCNC(=O)CC(NC(=O)CC(NC(CC)CC)C(=O)NCCCCCC)C(=O)C(CC)(CCC)C(CC)NC(CC(=O)NC(CC(=O)NCCCN(C)CCN(C)CCN(C)CCCN)C(=O)C(CC)NCCCC)C(=O)NCCCN(C)CCN(C)CCN(C)CCCN. The first-order valence-electron chi connectivity index (χ1n) is 39.4. The third-order valence-electron chi connectivity index (χ3n) is 19.6. The maximum atomic E-state index is 16.0. The number of hydrogen-bond donors (Lipinski definition) is 11. The van der Waals surface area contributed by atoms with Crippen molar-refractivity contribution in [3.63, 3.8) is 0 Å².